The minimum atomic E-state index is -0.0926. The van der Waals surface area contributed by atoms with Crippen LogP contribution in [-0.2, 0) is 6.54 Å². The number of carbonyl (C=O) groups is 1. The average Bonchev–Trinajstić information content (AvgIpc) is 3.03. The molecule has 2 rings (SSSR count). The predicted molar refractivity (Wildman–Crippen MR) is 82.2 cm³/mol. The zero-order chi connectivity index (χ0) is 14.9. The van der Waals surface area contributed by atoms with E-state index >= 15 is 0 Å². The molecule has 0 saturated heterocycles. The van der Waals surface area contributed by atoms with Crippen LogP contribution in [0.2, 0.25) is 0 Å². The van der Waals surface area contributed by atoms with Crippen LogP contribution < -0.4 is 10.6 Å². The number of nitrogens with zero attached hydrogens (tertiary/aromatic N) is 3. The summed E-state index contributed by atoms with van der Waals surface area (Å²) in [5, 5.41) is 10.2. The molecule has 2 aromatic heterocycles. The van der Waals surface area contributed by atoms with Crippen molar-refractivity contribution in [2.45, 2.75) is 26.3 Å². The van der Waals surface area contributed by atoms with E-state index in [1.54, 1.807) is 18.5 Å². The van der Waals surface area contributed by atoms with Gasteiger partial charge in [-0.1, -0.05) is 6.92 Å². The van der Waals surface area contributed by atoms with Crippen LogP contribution in [0.15, 0.2) is 36.8 Å². The van der Waals surface area contributed by atoms with Crippen LogP contribution in [0, 0.1) is 0 Å². The number of hydrogen-bond acceptors (Lipinski definition) is 4. The number of amides is 1. The van der Waals surface area contributed by atoms with Gasteiger partial charge in [0.25, 0.3) is 5.91 Å². The van der Waals surface area contributed by atoms with E-state index in [1.165, 1.54) is 0 Å². The monoisotopic (exact) mass is 287 g/mol. The van der Waals surface area contributed by atoms with E-state index in [-0.39, 0.29) is 5.91 Å². The summed E-state index contributed by atoms with van der Waals surface area (Å²) in [5.41, 5.74) is 0.580. The third-order valence-corrected chi connectivity index (χ3v) is 2.99. The fourth-order valence-electron chi connectivity index (χ4n) is 1.86. The van der Waals surface area contributed by atoms with Crippen LogP contribution in [-0.4, -0.2) is 33.8 Å². The van der Waals surface area contributed by atoms with Gasteiger partial charge in [-0.15, -0.1) is 0 Å². The summed E-state index contributed by atoms with van der Waals surface area (Å²) < 4.78 is 1.85. The highest BCUT2D eigenvalue weighted by Gasteiger charge is 2.05. The van der Waals surface area contributed by atoms with Crippen molar-refractivity contribution in [1.29, 1.82) is 0 Å². The van der Waals surface area contributed by atoms with Gasteiger partial charge in [-0.2, -0.15) is 5.10 Å². The Hall–Kier alpha value is -2.37. The van der Waals surface area contributed by atoms with Crippen LogP contribution in [0.5, 0.6) is 0 Å². The minimum Gasteiger partial charge on any atom is -0.370 e. The van der Waals surface area contributed by atoms with Crippen molar-refractivity contribution < 1.29 is 4.79 Å². The second-order valence-corrected chi connectivity index (χ2v) is 4.74. The Morgan fingerprint density at radius 1 is 1.33 bits per heavy atom. The average molecular weight is 287 g/mol. The highest BCUT2D eigenvalue weighted by Crippen LogP contribution is 2.05. The number of anilines is 1. The van der Waals surface area contributed by atoms with Gasteiger partial charge in [-0.05, 0) is 31.0 Å². The largest absolute Gasteiger partial charge is 0.370 e. The lowest BCUT2D eigenvalue weighted by Crippen LogP contribution is -2.25. The molecule has 2 aromatic rings. The van der Waals surface area contributed by atoms with E-state index in [1.807, 2.05) is 23.0 Å². The Bertz CT molecular complexity index is 536. The number of rotatable bonds is 8. The van der Waals surface area contributed by atoms with Gasteiger partial charge in [0.1, 0.15) is 5.82 Å². The summed E-state index contributed by atoms with van der Waals surface area (Å²) in [5.74, 6) is 0.706. The topological polar surface area (TPSA) is 71.8 Å². The van der Waals surface area contributed by atoms with Gasteiger partial charge < -0.3 is 10.6 Å². The molecule has 0 bridgehead atoms. The first-order chi connectivity index (χ1) is 10.3. The normalized spacial score (nSPS) is 10.3. The van der Waals surface area contributed by atoms with Crippen molar-refractivity contribution in [3.63, 3.8) is 0 Å². The molecule has 2 N–H and O–H groups in total. The first-order valence-corrected chi connectivity index (χ1v) is 7.25. The summed E-state index contributed by atoms with van der Waals surface area (Å²) in [4.78, 5) is 16.2. The molecule has 0 saturated carbocycles. The SMILES string of the molecule is CCCNc1ccc(C(=O)NCCCn2cccn2)cn1. The number of hydrogen-bond donors (Lipinski definition) is 2. The predicted octanol–water partition coefficient (Wildman–Crippen LogP) is 1.92. The quantitative estimate of drug-likeness (QED) is 0.728. The maximum atomic E-state index is 11.9. The van der Waals surface area contributed by atoms with Gasteiger partial charge >= 0.3 is 0 Å². The van der Waals surface area contributed by atoms with Crippen LogP contribution >= 0.6 is 0 Å². The van der Waals surface area contributed by atoms with E-state index in [0.717, 1.165) is 31.7 Å². The lowest BCUT2D eigenvalue weighted by molar-refractivity contribution is 0.0952. The number of carbonyl (C=O) groups excluding carboxylic acids is 1. The van der Waals surface area contributed by atoms with E-state index in [0.29, 0.717) is 12.1 Å². The molecule has 6 nitrogen and oxygen atoms in total. The second-order valence-electron chi connectivity index (χ2n) is 4.74. The Morgan fingerprint density at radius 3 is 2.90 bits per heavy atom. The van der Waals surface area contributed by atoms with Crippen LogP contribution in [0.25, 0.3) is 0 Å². The first-order valence-electron chi connectivity index (χ1n) is 7.25. The third-order valence-electron chi connectivity index (χ3n) is 2.99. The second kappa shape index (κ2) is 8.04. The standard InChI is InChI=1S/C15H21N5O/c1-2-7-16-14-6-5-13(12-18-14)15(21)17-8-3-10-20-11-4-9-19-20/h4-6,9,11-12H,2-3,7-8,10H2,1H3,(H,16,18)(H,17,21). The molecule has 0 fully saturated rings. The zero-order valence-corrected chi connectivity index (χ0v) is 12.2. The van der Waals surface area contributed by atoms with Gasteiger partial charge in [0.15, 0.2) is 0 Å². The van der Waals surface area contributed by atoms with Crippen molar-refractivity contribution in [1.82, 2.24) is 20.1 Å². The van der Waals surface area contributed by atoms with Crippen molar-refractivity contribution in [2.75, 3.05) is 18.4 Å². The molecule has 0 unspecified atom stereocenters. The molecule has 1 amide bonds. The number of pyridine rings is 1. The minimum absolute atomic E-state index is 0.0926. The van der Waals surface area contributed by atoms with Gasteiger partial charge in [0.2, 0.25) is 0 Å². The molecule has 21 heavy (non-hydrogen) atoms. The fraction of sp³-hybridized carbons (Fsp3) is 0.400. The number of nitrogens with one attached hydrogen (secondary N) is 2. The molecule has 0 atom stereocenters. The zero-order valence-electron chi connectivity index (χ0n) is 12.2. The molecule has 6 heteroatoms. The first kappa shape index (κ1) is 15.0. The van der Waals surface area contributed by atoms with Crippen molar-refractivity contribution >= 4 is 11.7 Å². The van der Waals surface area contributed by atoms with Gasteiger partial charge in [0, 0.05) is 38.2 Å². The lowest BCUT2D eigenvalue weighted by Gasteiger charge is -2.07. The molecule has 0 aliphatic heterocycles. The van der Waals surface area contributed by atoms with Gasteiger partial charge in [-0.3, -0.25) is 9.48 Å². The maximum Gasteiger partial charge on any atom is 0.252 e. The molecule has 112 valence electrons. The highest BCUT2D eigenvalue weighted by atomic mass is 16.1. The molecule has 0 aliphatic carbocycles. The highest BCUT2D eigenvalue weighted by molar-refractivity contribution is 5.93. The third kappa shape index (κ3) is 4.91. The molecular weight excluding hydrogens is 266 g/mol. The summed E-state index contributed by atoms with van der Waals surface area (Å²) in [6.07, 6.45) is 7.14. The molecule has 2 heterocycles. The van der Waals surface area contributed by atoms with Crippen molar-refractivity contribution in [3.8, 4) is 0 Å². The van der Waals surface area contributed by atoms with E-state index < -0.39 is 0 Å². The maximum absolute atomic E-state index is 11.9. The van der Waals surface area contributed by atoms with Crippen LogP contribution in [0.4, 0.5) is 5.82 Å². The Kier molecular flexibility index (Phi) is 5.75. The van der Waals surface area contributed by atoms with Crippen LogP contribution in [0.3, 0.4) is 0 Å². The molecule has 0 aromatic carbocycles. The molecule has 0 aliphatic rings. The van der Waals surface area contributed by atoms with E-state index in [4.69, 9.17) is 0 Å². The van der Waals surface area contributed by atoms with E-state index in [9.17, 15) is 4.79 Å². The smallest absolute Gasteiger partial charge is 0.252 e. The summed E-state index contributed by atoms with van der Waals surface area (Å²) >= 11 is 0. The summed E-state index contributed by atoms with van der Waals surface area (Å²) in [6, 6.07) is 5.50. The van der Waals surface area contributed by atoms with Crippen molar-refractivity contribution in [3.05, 3.63) is 42.4 Å². The van der Waals surface area contributed by atoms with E-state index in [2.05, 4.69) is 27.6 Å². The Balaban J connectivity index is 1.72. The Morgan fingerprint density at radius 2 is 2.24 bits per heavy atom. The molecule has 0 radical (unpaired) electrons. The van der Waals surface area contributed by atoms with Gasteiger partial charge in [-0.25, -0.2) is 4.98 Å². The molecule has 0 spiro atoms. The fourth-order valence-corrected chi connectivity index (χ4v) is 1.86. The van der Waals surface area contributed by atoms with Gasteiger partial charge in [0.05, 0.1) is 5.56 Å². The van der Waals surface area contributed by atoms with Crippen molar-refractivity contribution in [2.24, 2.45) is 0 Å². The van der Waals surface area contributed by atoms with Crippen LogP contribution in [0.1, 0.15) is 30.1 Å². The number of aromatic nitrogens is 3. The summed E-state index contributed by atoms with van der Waals surface area (Å²) in [7, 11) is 0. The lowest BCUT2D eigenvalue weighted by atomic mass is 10.2. The Labute approximate surface area is 124 Å². The summed E-state index contributed by atoms with van der Waals surface area (Å²) in [6.45, 7) is 4.39. The molecular formula is C15H21N5O. The number of aryl methyl sites for hydroxylation is 1.